The molecule has 0 unspecified atom stereocenters. The average Bonchev–Trinajstić information content (AvgIpc) is 3.46. The van der Waals surface area contributed by atoms with Gasteiger partial charge in [0.2, 0.25) is 0 Å². The summed E-state index contributed by atoms with van der Waals surface area (Å²) in [6, 6.07) is 21.0. The van der Waals surface area contributed by atoms with Gasteiger partial charge in [-0.25, -0.2) is 0 Å². The molecular formula is C32H44Cl2SiZr-4. The molecule has 2 aliphatic rings. The summed E-state index contributed by atoms with van der Waals surface area (Å²) in [7, 11) is 0. The number of benzene rings is 2. The van der Waals surface area contributed by atoms with Crippen molar-refractivity contribution in [2.45, 2.75) is 53.4 Å². The van der Waals surface area contributed by atoms with Gasteiger partial charge in [-0.05, 0) is 24.7 Å². The molecule has 0 heterocycles. The van der Waals surface area contributed by atoms with E-state index in [2.05, 4.69) is 113 Å². The summed E-state index contributed by atoms with van der Waals surface area (Å²) in [5, 5.41) is 0. The van der Waals surface area contributed by atoms with E-state index in [4.69, 9.17) is 0 Å². The summed E-state index contributed by atoms with van der Waals surface area (Å²) in [5.41, 5.74) is 8.15. The topological polar surface area (TPSA) is 0 Å². The Morgan fingerprint density at radius 1 is 0.639 bits per heavy atom. The van der Waals surface area contributed by atoms with Crippen LogP contribution in [0.1, 0.15) is 64.5 Å². The van der Waals surface area contributed by atoms with Gasteiger partial charge < -0.3 is 14.9 Å². The van der Waals surface area contributed by atoms with Gasteiger partial charge in [-0.1, -0.05) is 76.9 Å². The van der Waals surface area contributed by atoms with Crippen LogP contribution in [0.25, 0.3) is 11.1 Å². The fourth-order valence-corrected chi connectivity index (χ4v) is 3.95. The Kier molecular flexibility index (Phi) is 24.3. The van der Waals surface area contributed by atoms with E-state index in [0.717, 1.165) is 24.7 Å². The Morgan fingerprint density at radius 3 is 1.22 bits per heavy atom. The van der Waals surface area contributed by atoms with Crippen molar-refractivity contribution >= 4 is 42.8 Å². The minimum absolute atomic E-state index is 0. The van der Waals surface area contributed by atoms with E-state index in [1.807, 2.05) is 6.88 Å². The van der Waals surface area contributed by atoms with Gasteiger partial charge in [-0.15, -0.1) is 71.4 Å². The second kappa shape index (κ2) is 22.1. The van der Waals surface area contributed by atoms with E-state index in [0.29, 0.717) is 0 Å². The van der Waals surface area contributed by atoms with Gasteiger partial charge in [0, 0.05) is 0 Å². The van der Waals surface area contributed by atoms with E-state index in [1.165, 1.54) is 46.3 Å². The number of rotatable bonds is 6. The third kappa shape index (κ3) is 14.1. The molecule has 0 N–H and O–H groups in total. The average molecular weight is 619 g/mol. The van der Waals surface area contributed by atoms with Crippen molar-refractivity contribution in [3.8, 4) is 0 Å². The summed E-state index contributed by atoms with van der Waals surface area (Å²) in [6.45, 7) is 11.0. The molecule has 0 atom stereocenters. The number of halogens is 2. The van der Waals surface area contributed by atoms with Crippen LogP contribution in [0.15, 0.2) is 84.0 Å². The van der Waals surface area contributed by atoms with Crippen molar-refractivity contribution in [2.24, 2.45) is 11.8 Å². The van der Waals surface area contributed by atoms with Gasteiger partial charge in [-0.2, -0.15) is 35.5 Å². The van der Waals surface area contributed by atoms with Crippen LogP contribution < -0.4 is 0 Å². The van der Waals surface area contributed by atoms with Crippen LogP contribution in [-0.2, 0) is 23.3 Å². The van der Waals surface area contributed by atoms with E-state index >= 15 is 0 Å². The zero-order valence-corrected chi connectivity index (χ0v) is 28.4. The third-order valence-electron chi connectivity index (χ3n) is 5.22. The minimum atomic E-state index is 0. The quantitative estimate of drug-likeness (QED) is 0.224. The van der Waals surface area contributed by atoms with Crippen molar-refractivity contribution in [1.29, 1.82) is 0 Å². The molecule has 2 aromatic carbocycles. The summed E-state index contributed by atoms with van der Waals surface area (Å²) in [6.07, 6.45) is 15.9. The predicted octanol–water partition coefficient (Wildman–Crippen LogP) is 9.32. The number of hydrogen-bond acceptors (Lipinski definition) is 0. The van der Waals surface area contributed by atoms with E-state index in [-0.39, 0.29) is 39.7 Å². The summed E-state index contributed by atoms with van der Waals surface area (Å²) >= 11 is 1.58. The molecule has 0 saturated carbocycles. The first kappa shape index (κ1) is 39.6. The molecule has 36 heavy (non-hydrogen) atoms. The molecule has 0 amide bonds. The first-order valence-electron chi connectivity index (χ1n) is 11.6. The molecule has 0 fully saturated rings. The molecule has 0 nitrogen and oxygen atoms in total. The molecule has 0 aromatic heterocycles. The molecule has 2 aromatic rings. The van der Waals surface area contributed by atoms with Crippen LogP contribution in [0, 0.1) is 38.8 Å². The van der Waals surface area contributed by atoms with Crippen LogP contribution in [0.2, 0.25) is 0 Å². The van der Waals surface area contributed by atoms with Crippen LogP contribution in [0.4, 0.5) is 0 Å². The van der Waals surface area contributed by atoms with Gasteiger partial charge in [0.15, 0.2) is 0 Å². The van der Waals surface area contributed by atoms with Crippen molar-refractivity contribution in [3.05, 3.63) is 122 Å². The molecule has 0 bridgehead atoms. The molecule has 2 aliphatic carbocycles. The van der Waals surface area contributed by atoms with Crippen molar-refractivity contribution in [1.82, 2.24) is 0 Å². The fourth-order valence-electron chi connectivity index (χ4n) is 3.95. The first-order valence-corrected chi connectivity index (χ1v) is 17.5. The third-order valence-corrected chi connectivity index (χ3v) is 5.22. The number of allylic oxidation sites excluding steroid dienone is 8. The SMILES string of the molecule is CC(C)CC1=CC(c2ccccc2)=[C-]C1.CC(C)CC1=CC(c2ccccc2)=[C-]C1.Cl.Cl.[CH3-].[CH3-].[SiH2]=[Zr]. The van der Waals surface area contributed by atoms with E-state index < -0.39 is 0 Å². The maximum atomic E-state index is 3.45. The van der Waals surface area contributed by atoms with Gasteiger partial charge in [0.05, 0.1) is 0 Å². The second-order valence-corrected chi connectivity index (χ2v) is 9.07. The Hall–Kier alpha value is -0.920. The van der Waals surface area contributed by atoms with Crippen molar-refractivity contribution < 1.29 is 23.3 Å². The molecular weight excluding hydrogens is 575 g/mol. The standard InChI is InChI=1S/2C15H17.2CH3.2ClH.H2Si.Zr/c2*1-12(2)10-13-8-9-15(11-13)14-6-4-3-5-7-14;;;;;;/h2*3-7,11-12H,8,10H2,1-2H3;2*1H3;2*1H;1H2;/q4*-1;;;;. The first-order chi connectivity index (χ1) is 15.5. The predicted molar refractivity (Wildman–Crippen MR) is 166 cm³/mol. The zero-order chi connectivity index (χ0) is 23.3. The Morgan fingerprint density at radius 2 is 0.944 bits per heavy atom. The van der Waals surface area contributed by atoms with E-state index in [9.17, 15) is 0 Å². The Labute approximate surface area is 251 Å². The van der Waals surface area contributed by atoms with Crippen LogP contribution in [0.5, 0.6) is 0 Å². The van der Waals surface area contributed by atoms with Crippen LogP contribution in [-0.4, -0.2) is 6.88 Å². The Balaban J connectivity index is -0.000000513. The normalized spacial score (nSPS) is 12.9. The van der Waals surface area contributed by atoms with Crippen LogP contribution in [0.3, 0.4) is 0 Å². The van der Waals surface area contributed by atoms with Gasteiger partial charge in [0.25, 0.3) is 0 Å². The van der Waals surface area contributed by atoms with Gasteiger partial charge >= 0.3 is 30.2 Å². The number of hydrogen-bond donors (Lipinski definition) is 0. The molecule has 0 saturated heterocycles. The molecule has 0 radical (unpaired) electrons. The molecule has 198 valence electrons. The zero-order valence-electron chi connectivity index (χ0n) is 22.9. The Bertz CT molecular complexity index is 879. The van der Waals surface area contributed by atoms with E-state index in [1.54, 1.807) is 23.3 Å². The summed E-state index contributed by atoms with van der Waals surface area (Å²) < 4.78 is 0. The van der Waals surface area contributed by atoms with Crippen molar-refractivity contribution in [3.63, 3.8) is 0 Å². The summed E-state index contributed by atoms with van der Waals surface area (Å²) in [4.78, 5) is 0. The molecule has 0 aliphatic heterocycles. The van der Waals surface area contributed by atoms with Crippen LogP contribution >= 0.6 is 24.8 Å². The molecule has 4 rings (SSSR count). The van der Waals surface area contributed by atoms with Crippen molar-refractivity contribution in [2.75, 3.05) is 0 Å². The monoisotopic (exact) mass is 616 g/mol. The molecule has 0 spiro atoms. The fraction of sp³-hybridized carbons (Fsp3) is 0.312. The maximum absolute atomic E-state index is 3.45. The second-order valence-electron chi connectivity index (χ2n) is 9.07. The summed E-state index contributed by atoms with van der Waals surface area (Å²) in [5.74, 6) is 1.49. The molecule has 4 heteroatoms. The van der Waals surface area contributed by atoms with Gasteiger partial charge in [-0.3, -0.25) is 0 Å². The van der Waals surface area contributed by atoms with Gasteiger partial charge in [0.1, 0.15) is 0 Å².